The molecule has 1 aliphatic rings. The van der Waals surface area contributed by atoms with Crippen LogP contribution in [0.1, 0.15) is 13.3 Å². The van der Waals surface area contributed by atoms with Gasteiger partial charge in [-0.25, -0.2) is 4.79 Å². The molecule has 3 N–H and O–H groups in total. The quantitative estimate of drug-likeness (QED) is 0.525. The molecule has 11 heavy (non-hydrogen) atoms. The van der Waals surface area contributed by atoms with Crippen LogP contribution >= 0.6 is 0 Å². The van der Waals surface area contributed by atoms with E-state index in [2.05, 4.69) is 16.0 Å². The van der Waals surface area contributed by atoms with Gasteiger partial charge in [-0.1, -0.05) is 6.92 Å². The van der Waals surface area contributed by atoms with Crippen molar-refractivity contribution in [3.05, 3.63) is 0 Å². The Hall–Kier alpha value is -0.770. The highest BCUT2D eigenvalue weighted by Crippen LogP contribution is 1.89. The van der Waals surface area contributed by atoms with Crippen LogP contribution in [0, 0.1) is 0 Å². The first-order valence-corrected chi connectivity index (χ1v) is 4.08. The summed E-state index contributed by atoms with van der Waals surface area (Å²) < 4.78 is 0. The van der Waals surface area contributed by atoms with E-state index in [9.17, 15) is 4.79 Å². The van der Waals surface area contributed by atoms with E-state index in [1.807, 2.05) is 6.92 Å². The molecule has 1 saturated heterocycles. The van der Waals surface area contributed by atoms with Crippen molar-refractivity contribution < 1.29 is 4.79 Å². The molecule has 1 rings (SSSR count). The van der Waals surface area contributed by atoms with Crippen molar-refractivity contribution in [2.24, 2.45) is 0 Å². The lowest BCUT2D eigenvalue weighted by atomic mass is 10.2. The summed E-state index contributed by atoms with van der Waals surface area (Å²) in [7, 11) is 0. The van der Waals surface area contributed by atoms with Crippen LogP contribution in [0.25, 0.3) is 0 Å². The fraction of sp³-hybridized carbons (Fsp3) is 0.857. The molecule has 0 aromatic carbocycles. The highest BCUT2D eigenvalue weighted by molar-refractivity contribution is 5.74. The summed E-state index contributed by atoms with van der Waals surface area (Å²) >= 11 is 0. The Kier molecular flexibility index (Phi) is 3.16. The summed E-state index contributed by atoms with van der Waals surface area (Å²) in [5.74, 6) is 0. The summed E-state index contributed by atoms with van der Waals surface area (Å²) in [5, 5.41) is 8.67. The van der Waals surface area contributed by atoms with Crippen LogP contribution in [0.15, 0.2) is 0 Å². The monoisotopic (exact) mass is 157 g/mol. The highest BCUT2D eigenvalue weighted by atomic mass is 16.2. The molecule has 0 unspecified atom stereocenters. The molecule has 0 atom stereocenters. The van der Waals surface area contributed by atoms with Crippen molar-refractivity contribution in [3.63, 3.8) is 0 Å². The Labute approximate surface area is 66.7 Å². The third-order valence-corrected chi connectivity index (χ3v) is 1.65. The number of carbonyl (C=O) groups is 1. The van der Waals surface area contributed by atoms with Gasteiger partial charge in [-0.15, -0.1) is 0 Å². The Morgan fingerprint density at radius 1 is 1.64 bits per heavy atom. The van der Waals surface area contributed by atoms with E-state index in [-0.39, 0.29) is 6.03 Å². The van der Waals surface area contributed by atoms with Gasteiger partial charge in [0.25, 0.3) is 0 Å². The molecule has 2 amide bonds. The molecule has 1 heterocycles. The molecule has 0 spiro atoms. The maximum atomic E-state index is 11.0. The second-order valence-electron chi connectivity index (χ2n) is 2.76. The predicted octanol–water partition coefficient (Wildman–Crippen LogP) is -0.333. The summed E-state index contributed by atoms with van der Waals surface area (Å²) in [6.07, 6.45) is 0.982. The Balaban J connectivity index is 2.00. The highest BCUT2D eigenvalue weighted by Gasteiger charge is 2.17. The minimum atomic E-state index is -0.0432. The van der Waals surface area contributed by atoms with Crippen LogP contribution in [-0.2, 0) is 0 Å². The fourth-order valence-electron chi connectivity index (χ4n) is 0.866. The zero-order valence-electron chi connectivity index (χ0n) is 6.81. The van der Waals surface area contributed by atoms with Gasteiger partial charge in [0.15, 0.2) is 0 Å². The average molecular weight is 157 g/mol. The first kappa shape index (κ1) is 8.33. The minimum absolute atomic E-state index is 0.0432. The SMILES string of the molecule is CCCNC(=O)NC1CNC1. The number of hydrogen-bond donors (Lipinski definition) is 3. The molecule has 0 saturated carbocycles. The lowest BCUT2D eigenvalue weighted by Crippen LogP contribution is -2.58. The van der Waals surface area contributed by atoms with Crippen LogP contribution < -0.4 is 16.0 Å². The molecule has 0 radical (unpaired) electrons. The lowest BCUT2D eigenvalue weighted by Gasteiger charge is -2.27. The van der Waals surface area contributed by atoms with Gasteiger partial charge < -0.3 is 16.0 Å². The minimum Gasteiger partial charge on any atom is -0.338 e. The predicted molar refractivity (Wildman–Crippen MR) is 43.5 cm³/mol. The topological polar surface area (TPSA) is 53.2 Å². The number of amides is 2. The fourth-order valence-corrected chi connectivity index (χ4v) is 0.866. The van der Waals surface area contributed by atoms with Crippen LogP contribution in [-0.4, -0.2) is 31.7 Å². The molecular weight excluding hydrogens is 142 g/mol. The van der Waals surface area contributed by atoms with E-state index in [1.54, 1.807) is 0 Å². The Morgan fingerprint density at radius 2 is 2.36 bits per heavy atom. The molecule has 1 aliphatic heterocycles. The molecule has 0 aromatic heterocycles. The van der Waals surface area contributed by atoms with Crippen LogP contribution in [0.4, 0.5) is 4.79 Å². The van der Waals surface area contributed by atoms with Gasteiger partial charge in [0.2, 0.25) is 0 Å². The lowest BCUT2D eigenvalue weighted by molar-refractivity contribution is 0.231. The van der Waals surface area contributed by atoms with E-state index >= 15 is 0 Å². The third-order valence-electron chi connectivity index (χ3n) is 1.65. The van der Waals surface area contributed by atoms with Gasteiger partial charge in [0, 0.05) is 19.6 Å². The number of hydrogen-bond acceptors (Lipinski definition) is 2. The van der Waals surface area contributed by atoms with Crippen LogP contribution in [0.5, 0.6) is 0 Å². The summed E-state index contributed by atoms with van der Waals surface area (Å²) in [5.41, 5.74) is 0. The standard InChI is InChI=1S/C7H15N3O/c1-2-3-9-7(11)10-6-4-8-5-6/h6,8H,2-5H2,1H3,(H2,9,10,11). The summed E-state index contributed by atoms with van der Waals surface area (Å²) in [6.45, 7) is 4.59. The van der Waals surface area contributed by atoms with Gasteiger partial charge in [0.05, 0.1) is 6.04 Å². The summed E-state index contributed by atoms with van der Waals surface area (Å²) in [6, 6.07) is 0.296. The molecular formula is C7H15N3O. The van der Waals surface area contributed by atoms with Crippen molar-refractivity contribution in [3.8, 4) is 0 Å². The van der Waals surface area contributed by atoms with Crippen molar-refractivity contribution >= 4 is 6.03 Å². The number of urea groups is 1. The maximum Gasteiger partial charge on any atom is 0.315 e. The molecule has 4 heteroatoms. The molecule has 0 bridgehead atoms. The van der Waals surface area contributed by atoms with Gasteiger partial charge in [-0.05, 0) is 6.42 Å². The third kappa shape index (κ3) is 2.76. The molecule has 4 nitrogen and oxygen atoms in total. The molecule has 64 valence electrons. The first-order chi connectivity index (χ1) is 5.33. The van der Waals surface area contributed by atoms with E-state index in [1.165, 1.54) is 0 Å². The Morgan fingerprint density at radius 3 is 2.82 bits per heavy atom. The number of rotatable bonds is 3. The number of carbonyl (C=O) groups excluding carboxylic acids is 1. The maximum absolute atomic E-state index is 11.0. The normalized spacial score (nSPS) is 17.2. The second kappa shape index (κ2) is 4.18. The largest absolute Gasteiger partial charge is 0.338 e. The zero-order valence-corrected chi connectivity index (χ0v) is 6.81. The van der Waals surface area contributed by atoms with Gasteiger partial charge in [0.1, 0.15) is 0 Å². The van der Waals surface area contributed by atoms with Gasteiger partial charge in [-0.3, -0.25) is 0 Å². The van der Waals surface area contributed by atoms with E-state index in [0.29, 0.717) is 6.04 Å². The van der Waals surface area contributed by atoms with Gasteiger partial charge >= 0.3 is 6.03 Å². The first-order valence-electron chi connectivity index (χ1n) is 4.08. The van der Waals surface area contributed by atoms with E-state index in [0.717, 1.165) is 26.1 Å². The summed E-state index contributed by atoms with van der Waals surface area (Å²) in [4.78, 5) is 11.0. The van der Waals surface area contributed by atoms with Crippen molar-refractivity contribution in [2.75, 3.05) is 19.6 Å². The second-order valence-corrected chi connectivity index (χ2v) is 2.76. The average Bonchev–Trinajstić information content (AvgIpc) is 1.93. The molecule has 1 fully saturated rings. The molecule has 0 aliphatic carbocycles. The van der Waals surface area contributed by atoms with Crippen molar-refractivity contribution in [1.82, 2.24) is 16.0 Å². The van der Waals surface area contributed by atoms with Crippen molar-refractivity contribution in [2.45, 2.75) is 19.4 Å². The zero-order chi connectivity index (χ0) is 8.10. The van der Waals surface area contributed by atoms with Crippen molar-refractivity contribution in [1.29, 1.82) is 0 Å². The number of nitrogens with one attached hydrogen (secondary N) is 3. The van der Waals surface area contributed by atoms with Crippen LogP contribution in [0.2, 0.25) is 0 Å². The Bertz CT molecular complexity index is 134. The molecule has 0 aromatic rings. The van der Waals surface area contributed by atoms with Gasteiger partial charge in [-0.2, -0.15) is 0 Å². The van der Waals surface area contributed by atoms with Crippen LogP contribution in [0.3, 0.4) is 0 Å². The smallest absolute Gasteiger partial charge is 0.315 e. The van der Waals surface area contributed by atoms with E-state index < -0.39 is 0 Å². The van der Waals surface area contributed by atoms with E-state index in [4.69, 9.17) is 0 Å².